The summed E-state index contributed by atoms with van der Waals surface area (Å²) in [6.45, 7) is 0. The van der Waals surface area contributed by atoms with Gasteiger partial charge in [-0.05, 0) is 5.57 Å². The van der Waals surface area contributed by atoms with Crippen LogP contribution in [0.5, 0.6) is 0 Å². The number of carbonyl (C=O) groups excluding carboxylic acids is 1. The number of hydrogen-bond acceptors (Lipinski definition) is 1. The summed E-state index contributed by atoms with van der Waals surface area (Å²) >= 11 is 5.31. The molecular formula is C8H6ClF3O. The van der Waals surface area contributed by atoms with E-state index in [0.717, 1.165) is 12.2 Å². The lowest BCUT2D eigenvalue weighted by Crippen LogP contribution is -2.39. The van der Waals surface area contributed by atoms with Crippen LogP contribution in [0.15, 0.2) is 23.8 Å². The molecule has 0 aliphatic heterocycles. The molecule has 0 radical (unpaired) electrons. The van der Waals surface area contributed by atoms with E-state index in [4.69, 9.17) is 11.6 Å². The van der Waals surface area contributed by atoms with Crippen molar-refractivity contribution in [2.45, 2.75) is 17.5 Å². The van der Waals surface area contributed by atoms with Crippen LogP contribution in [0.25, 0.3) is 0 Å². The minimum atomic E-state index is -4.53. The van der Waals surface area contributed by atoms with Gasteiger partial charge in [0.15, 0.2) is 4.87 Å². The molecule has 0 saturated carbocycles. The number of hydrogen-bond donors (Lipinski definition) is 0. The van der Waals surface area contributed by atoms with E-state index in [1.54, 1.807) is 0 Å². The first-order chi connectivity index (χ1) is 5.89. The van der Waals surface area contributed by atoms with Crippen LogP contribution >= 0.6 is 11.6 Å². The van der Waals surface area contributed by atoms with Crippen LogP contribution in [0.1, 0.15) is 6.42 Å². The summed E-state index contributed by atoms with van der Waals surface area (Å²) in [5.41, 5.74) is 0.0508. The van der Waals surface area contributed by atoms with Gasteiger partial charge in [-0.15, -0.1) is 11.6 Å². The average molecular weight is 211 g/mol. The van der Waals surface area contributed by atoms with Crippen molar-refractivity contribution in [2.75, 3.05) is 0 Å². The van der Waals surface area contributed by atoms with Gasteiger partial charge < -0.3 is 0 Å². The minimum Gasteiger partial charge on any atom is -0.298 e. The zero-order chi connectivity index (χ0) is 10.1. The van der Waals surface area contributed by atoms with E-state index in [0.29, 0.717) is 6.29 Å². The summed E-state index contributed by atoms with van der Waals surface area (Å²) in [5.74, 6) is 0. The zero-order valence-corrected chi connectivity index (χ0v) is 7.19. The molecule has 13 heavy (non-hydrogen) atoms. The van der Waals surface area contributed by atoms with E-state index in [1.165, 1.54) is 6.08 Å². The van der Waals surface area contributed by atoms with E-state index in [1.807, 2.05) is 0 Å². The highest BCUT2D eigenvalue weighted by atomic mass is 35.5. The van der Waals surface area contributed by atoms with E-state index in [9.17, 15) is 18.0 Å². The molecule has 0 aromatic heterocycles. The van der Waals surface area contributed by atoms with Crippen LogP contribution in [-0.4, -0.2) is 17.3 Å². The van der Waals surface area contributed by atoms with Crippen LogP contribution < -0.4 is 0 Å². The molecule has 0 bridgehead atoms. The number of rotatable bonds is 1. The van der Waals surface area contributed by atoms with E-state index >= 15 is 0 Å². The second-order valence-electron chi connectivity index (χ2n) is 2.76. The SMILES string of the molecule is O=CC1=CC=CC(Cl)(C(F)(F)F)C1. The normalized spacial score (nSPS) is 28.5. The molecule has 0 heterocycles. The standard InChI is InChI=1S/C8H6ClF3O/c9-7(8(10,11)12)3-1-2-6(4-7)5-13/h1-3,5H,4H2. The van der Waals surface area contributed by atoms with Crippen molar-refractivity contribution in [3.8, 4) is 0 Å². The molecule has 0 N–H and O–H groups in total. The minimum absolute atomic E-state index is 0.0508. The van der Waals surface area contributed by atoms with Crippen LogP contribution in [0.2, 0.25) is 0 Å². The molecule has 1 aliphatic rings. The monoisotopic (exact) mass is 210 g/mol. The predicted molar refractivity (Wildman–Crippen MR) is 42.5 cm³/mol. The van der Waals surface area contributed by atoms with Gasteiger partial charge in [-0.2, -0.15) is 13.2 Å². The Balaban J connectivity index is 2.93. The molecule has 0 fully saturated rings. The van der Waals surface area contributed by atoms with E-state index < -0.39 is 17.5 Å². The number of alkyl halides is 4. The van der Waals surface area contributed by atoms with Gasteiger partial charge in [0, 0.05) is 6.42 Å². The van der Waals surface area contributed by atoms with Crippen molar-refractivity contribution < 1.29 is 18.0 Å². The maximum Gasteiger partial charge on any atom is 0.411 e. The van der Waals surface area contributed by atoms with E-state index in [2.05, 4.69) is 0 Å². The average Bonchev–Trinajstić information content (AvgIpc) is 2.02. The van der Waals surface area contributed by atoms with Crippen molar-refractivity contribution in [3.05, 3.63) is 23.8 Å². The third kappa shape index (κ3) is 1.94. The van der Waals surface area contributed by atoms with Gasteiger partial charge in [-0.1, -0.05) is 18.2 Å². The molecule has 0 spiro atoms. The van der Waals surface area contributed by atoms with Crippen LogP contribution in [-0.2, 0) is 4.79 Å². The molecule has 0 amide bonds. The lowest BCUT2D eigenvalue weighted by Gasteiger charge is -2.28. The van der Waals surface area contributed by atoms with Crippen molar-refractivity contribution in [1.82, 2.24) is 0 Å². The Labute approximate surface area is 77.9 Å². The summed E-state index contributed by atoms with van der Waals surface area (Å²) in [6, 6.07) is 0. The largest absolute Gasteiger partial charge is 0.411 e. The van der Waals surface area contributed by atoms with Gasteiger partial charge >= 0.3 is 6.18 Å². The molecule has 1 aliphatic carbocycles. The summed E-state index contributed by atoms with van der Waals surface area (Å²) in [4.78, 5) is 7.83. The zero-order valence-electron chi connectivity index (χ0n) is 6.44. The fourth-order valence-electron chi connectivity index (χ4n) is 1.01. The molecule has 1 nitrogen and oxygen atoms in total. The first-order valence-electron chi connectivity index (χ1n) is 3.48. The molecule has 1 unspecified atom stereocenters. The van der Waals surface area contributed by atoms with Crippen LogP contribution in [0, 0.1) is 0 Å². The van der Waals surface area contributed by atoms with Gasteiger partial charge in [0.1, 0.15) is 6.29 Å². The highest BCUT2D eigenvalue weighted by Gasteiger charge is 2.52. The lowest BCUT2D eigenvalue weighted by atomic mass is 9.93. The molecule has 0 aromatic carbocycles. The number of halogens is 4. The number of carbonyl (C=O) groups is 1. The van der Waals surface area contributed by atoms with Crippen LogP contribution in [0.4, 0.5) is 13.2 Å². The Hall–Kier alpha value is -0.770. The Kier molecular flexibility index (Phi) is 2.52. The third-order valence-electron chi connectivity index (χ3n) is 1.75. The second-order valence-corrected chi connectivity index (χ2v) is 3.43. The van der Waals surface area contributed by atoms with Crippen LogP contribution in [0.3, 0.4) is 0 Å². The maximum atomic E-state index is 12.3. The molecule has 0 saturated heterocycles. The van der Waals surface area contributed by atoms with Crippen molar-refractivity contribution in [3.63, 3.8) is 0 Å². The van der Waals surface area contributed by atoms with Gasteiger partial charge in [0.2, 0.25) is 0 Å². The predicted octanol–water partition coefficient (Wildman–Crippen LogP) is 2.61. The Morgan fingerprint density at radius 1 is 1.54 bits per heavy atom. The van der Waals surface area contributed by atoms with Gasteiger partial charge in [-0.3, -0.25) is 4.79 Å². The Bertz CT molecular complexity index is 280. The summed E-state index contributed by atoms with van der Waals surface area (Å²) < 4.78 is 36.9. The van der Waals surface area contributed by atoms with Gasteiger partial charge in [0.05, 0.1) is 0 Å². The second kappa shape index (κ2) is 3.18. The smallest absolute Gasteiger partial charge is 0.298 e. The lowest BCUT2D eigenvalue weighted by molar-refractivity contribution is -0.150. The van der Waals surface area contributed by atoms with Crippen molar-refractivity contribution in [2.24, 2.45) is 0 Å². The van der Waals surface area contributed by atoms with Gasteiger partial charge in [0.25, 0.3) is 0 Å². The maximum absolute atomic E-state index is 12.3. The first-order valence-corrected chi connectivity index (χ1v) is 3.86. The third-order valence-corrected chi connectivity index (χ3v) is 2.23. The number of allylic oxidation sites excluding steroid dienone is 4. The topological polar surface area (TPSA) is 17.1 Å². The number of aldehydes is 1. The first kappa shape index (κ1) is 10.3. The molecular weight excluding hydrogens is 205 g/mol. The van der Waals surface area contributed by atoms with Crippen molar-refractivity contribution in [1.29, 1.82) is 0 Å². The molecule has 1 rings (SSSR count). The highest BCUT2D eigenvalue weighted by Crippen LogP contribution is 2.43. The summed E-state index contributed by atoms with van der Waals surface area (Å²) in [7, 11) is 0. The fourth-order valence-corrected chi connectivity index (χ4v) is 1.24. The molecule has 5 heteroatoms. The summed E-state index contributed by atoms with van der Waals surface area (Å²) in [6.07, 6.45) is -1.34. The quantitative estimate of drug-likeness (QED) is 0.480. The summed E-state index contributed by atoms with van der Waals surface area (Å²) in [5, 5.41) is 0. The highest BCUT2D eigenvalue weighted by molar-refractivity contribution is 6.26. The molecule has 0 aromatic rings. The van der Waals surface area contributed by atoms with Crippen molar-refractivity contribution >= 4 is 17.9 Å². The fraction of sp³-hybridized carbons (Fsp3) is 0.375. The molecule has 72 valence electrons. The Morgan fingerprint density at radius 2 is 2.15 bits per heavy atom. The molecule has 1 atom stereocenters. The van der Waals surface area contributed by atoms with E-state index in [-0.39, 0.29) is 5.57 Å². The van der Waals surface area contributed by atoms with Gasteiger partial charge in [-0.25, -0.2) is 0 Å². The Morgan fingerprint density at radius 3 is 2.62 bits per heavy atom.